The largest absolute Gasteiger partial charge is 0.461 e. The van der Waals surface area contributed by atoms with Crippen LogP contribution in [0.2, 0.25) is 0 Å². The van der Waals surface area contributed by atoms with Crippen LogP contribution in [0, 0.1) is 0 Å². The van der Waals surface area contributed by atoms with Crippen LogP contribution < -0.4 is 15.2 Å². The molecule has 3 aromatic carbocycles. The van der Waals surface area contributed by atoms with Gasteiger partial charge in [0.15, 0.2) is 11.5 Å². The van der Waals surface area contributed by atoms with E-state index in [9.17, 15) is 14.4 Å². The summed E-state index contributed by atoms with van der Waals surface area (Å²) in [6, 6.07) is 20.8. The molecule has 2 N–H and O–H groups in total. The number of carbonyl (C=O) groups is 3. The van der Waals surface area contributed by atoms with Crippen molar-refractivity contribution in [1.82, 2.24) is 0 Å². The zero-order valence-electron chi connectivity index (χ0n) is 21.2. The molecule has 0 radical (unpaired) electrons. The fourth-order valence-electron chi connectivity index (χ4n) is 3.80. The molecule has 3 rings (SSSR count). The lowest BCUT2D eigenvalue weighted by Gasteiger charge is -2.20. The predicted molar refractivity (Wildman–Crippen MR) is 141 cm³/mol. The summed E-state index contributed by atoms with van der Waals surface area (Å²) in [6.45, 7) is 4.09. The summed E-state index contributed by atoms with van der Waals surface area (Å²) in [7, 11) is 0. The molecule has 194 valence electrons. The Morgan fingerprint density at radius 3 is 1.76 bits per heavy atom. The standard InChI is InChI=1S/C30H33NO6/c1-3-11-24(12-4-2)35-30(34)25(31)19-21-17-18-26(36-28(32)22-13-7-5-8-14-22)27(20-21)37-29(33)23-15-9-6-10-16-23/h5-10,13-18,20,24-25H,3-4,11-12,19,31H2,1-2H3/t25-/m0/s1. The molecule has 3 aromatic rings. The van der Waals surface area contributed by atoms with E-state index in [2.05, 4.69) is 0 Å². The van der Waals surface area contributed by atoms with Crippen molar-refractivity contribution in [3.8, 4) is 11.5 Å². The molecule has 0 amide bonds. The molecule has 0 bridgehead atoms. The number of nitrogens with two attached hydrogens (primary N) is 1. The van der Waals surface area contributed by atoms with Crippen molar-refractivity contribution in [2.45, 2.75) is 58.1 Å². The SMILES string of the molecule is CCCC(CCC)OC(=O)[C@@H](N)Cc1ccc(OC(=O)c2ccccc2)c(OC(=O)c2ccccc2)c1. The van der Waals surface area contributed by atoms with Gasteiger partial charge in [0.25, 0.3) is 0 Å². The van der Waals surface area contributed by atoms with Crippen LogP contribution in [-0.4, -0.2) is 30.1 Å². The number of rotatable bonds is 12. The van der Waals surface area contributed by atoms with Gasteiger partial charge in [0.2, 0.25) is 0 Å². The topological polar surface area (TPSA) is 105 Å². The highest BCUT2D eigenvalue weighted by atomic mass is 16.6. The van der Waals surface area contributed by atoms with E-state index >= 15 is 0 Å². The highest BCUT2D eigenvalue weighted by molar-refractivity contribution is 5.93. The van der Waals surface area contributed by atoms with Gasteiger partial charge in [0, 0.05) is 0 Å². The minimum atomic E-state index is -0.897. The van der Waals surface area contributed by atoms with Crippen LogP contribution in [0.4, 0.5) is 0 Å². The lowest BCUT2D eigenvalue weighted by molar-refractivity contribution is -0.151. The molecule has 0 aliphatic rings. The van der Waals surface area contributed by atoms with Crippen molar-refractivity contribution < 1.29 is 28.6 Å². The van der Waals surface area contributed by atoms with E-state index in [0.29, 0.717) is 16.7 Å². The van der Waals surface area contributed by atoms with E-state index in [1.165, 1.54) is 6.07 Å². The van der Waals surface area contributed by atoms with Crippen molar-refractivity contribution in [3.63, 3.8) is 0 Å². The van der Waals surface area contributed by atoms with Crippen LogP contribution >= 0.6 is 0 Å². The van der Waals surface area contributed by atoms with E-state index in [-0.39, 0.29) is 24.0 Å². The van der Waals surface area contributed by atoms with E-state index < -0.39 is 23.9 Å². The Morgan fingerprint density at radius 2 is 1.24 bits per heavy atom. The second-order valence-corrected chi connectivity index (χ2v) is 8.74. The second-order valence-electron chi connectivity index (χ2n) is 8.74. The van der Waals surface area contributed by atoms with Crippen LogP contribution in [-0.2, 0) is 16.0 Å². The number of benzene rings is 3. The molecule has 0 spiro atoms. The molecule has 0 fully saturated rings. The lowest BCUT2D eigenvalue weighted by Crippen LogP contribution is -2.36. The van der Waals surface area contributed by atoms with E-state index in [1.807, 2.05) is 13.8 Å². The maximum atomic E-state index is 12.7. The fourth-order valence-corrected chi connectivity index (χ4v) is 3.80. The van der Waals surface area contributed by atoms with Crippen molar-refractivity contribution in [3.05, 3.63) is 95.6 Å². The average Bonchev–Trinajstić information content (AvgIpc) is 2.91. The second kappa shape index (κ2) is 13.9. The van der Waals surface area contributed by atoms with Crippen LogP contribution in [0.25, 0.3) is 0 Å². The molecule has 7 nitrogen and oxygen atoms in total. The average molecular weight is 504 g/mol. The minimum absolute atomic E-state index is 0.0473. The first-order valence-corrected chi connectivity index (χ1v) is 12.5. The number of esters is 3. The number of hydrogen-bond donors (Lipinski definition) is 1. The van der Waals surface area contributed by atoms with Gasteiger partial charge in [-0.2, -0.15) is 0 Å². The van der Waals surface area contributed by atoms with Crippen LogP contribution in [0.5, 0.6) is 11.5 Å². The summed E-state index contributed by atoms with van der Waals surface area (Å²) >= 11 is 0. The summed E-state index contributed by atoms with van der Waals surface area (Å²) < 4.78 is 16.8. The first-order chi connectivity index (χ1) is 17.9. The van der Waals surface area contributed by atoms with Gasteiger partial charge < -0.3 is 19.9 Å². The molecular weight excluding hydrogens is 470 g/mol. The van der Waals surface area contributed by atoms with Gasteiger partial charge >= 0.3 is 17.9 Å². The van der Waals surface area contributed by atoms with Gasteiger partial charge in [-0.15, -0.1) is 0 Å². The number of carbonyl (C=O) groups excluding carboxylic acids is 3. The molecule has 0 aliphatic carbocycles. The van der Waals surface area contributed by atoms with Crippen LogP contribution in [0.1, 0.15) is 65.8 Å². The third-order valence-corrected chi connectivity index (χ3v) is 5.69. The van der Waals surface area contributed by atoms with Crippen molar-refractivity contribution in [2.24, 2.45) is 5.73 Å². The van der Waals surface area contributed by atoms with Crippen molar-refractivity contribution in [2.75, 3.05) is 0 Å². The Labute approximate surface area is 217 Å². The zero-order valence-corrected chi connectivity index (χ0v) is 21.2. The van der Waals surface area contributed by atoms with Crippen LogP contribution in [0.3, 0.4) is 0 Å². The van der Waals surface area contributed by atoms with Gasteiger partial charge in [-0.05, 0) is 61.2 Å². The number of hydrogen-bond acceptors (Lipinski definition) is 7. The Balaban J connectivity index is 1.80. The highest BCUT2D eigenvalue weighted by Crippen LogP contribution is 2.31. The Hall–Kier alpha value is -3.97. The summed E-state index contributed by atoms with van der Waals surface area (Å²) in [5.41, 5.74) is 7.48. The molecule has 1 atom stereocenters. The molecule has 0 saturated carbocycles. The monoisotopic (exact) mass is 503 g/mol. The van der Waals surface area contributed by atoms with E-state index in [0.717, 1.165) is 25.7 Å². The van der Waals surface area contributed by atoms with Gasteiger partial charge in [-0.3, -0.25) is 4.79 Å². The maximum Gasteiger partial charge on any atom is 0.343 e. The zero-order chi connectivity index (χ0) is 26.6. The van der Waals surface area contributed by atoms with E-state index in [4.69, 9.17) is 19.9 Å². The molecule has 0 heterocycles. The smallest absolute Gasteiger partial charge is 0.343 e. The predicted octanol–water partition coefficient (Wildman–Crippen LogP) is 5.51. The Kier molecular flexibility index (Phi) is 10.4. The van der Waals surface area contributed by atoms with Crippen molar-refractivity contribution in [1.29, 1.82) is 0 Å². The summed E-state index contributed by atoms with van der Waals surface area (Å²) in [6.07, 6.45) is 3.39. The third kappa shape index (κ3) is 8.29. The summed E-state index contributed by atoms with van der Waals surface area (Å²) in [5, 5.41) is 0. The molecular formula is C30H33NO6. The molecule has 0 saturated heterocycles. The third-order valence-electron chi connectivity index (χ3n) is 5.69. The Morgan fingerprint density at radius 1 is 0.730 bits per heavy atom. The van der Waals surface area contributed by atoms with Gasteiger partial charge in [0.1, 0.15) is 12.1 Å². The molecule has 0 aliphatic heterocycles. The fraction of sp³-hybridized carbons (Fsp3) is 0.300. The number of ether oxygens (including phenoxy) is 3. The molecule has 0 unspecified atom stereocenters. The van der Waals surface area contributed by atoms with Gasteiger partial charge in [-0.1, -0.05) is 69.2 Å². The molecule has 0 aromatic heterocycles. The lowest BCUT2D eigenvalue weighted by atomic mass is 10.1. The molecule has 37 heavy (non-hydrogen) atoms. The first kappa shape index (κ1) is 27.6. The molecule has 7 heteroatoms. The first-order valence-electron chi connectivity index (χ1n) is 12.5. The van der Waals surface area contributed by atoms with E-state index in [1.54, 1.807) is 72.8 Å². The summed E-state index contributed by atoms with van der Waals surface area (Å²) in [5.74, 6) is -1.56. The Bertz CT molecular complexity index is 1170. The van der Waals surface area contributed by atoms with Crippen molar-refractivity contribution >= 4 is 17.9 Å². The minimum Gasteiger partial charge on any atom is -0.461 e. The maximum absolute atomic E-state index is 12.7. The van der Waals surface area contributed by atoms with Gasteiger partial charge in [0.05, 0.1) is 11.1 Å². The van der Waals surface area contributed by atoms with Gasteiger partial charge in [-0.25, -0.2) is 9.59 Å². The summed E-state index contributed by atoms with van der Waals surface area (Å²) in [4.78, 5) is 38.0. The normalized spacial score (nSPS) is 11.6. The van der Waals surface area contributed by atoms with Crippen LogP contribution in [0.15, 0.2) is 78.9 Å². The highest BCUT2D eigenvalue weighted by Gasteiger charge is 2.22. The quantitative estimate of drug-likeness (QED) is 0.257.